The molecule has 228 valence electrons. The highest BCUT2D eigenvalue weighted by atomic mass is 16.3. The zero-order valence-corrected chi connectivity index (χ0v) is 26.7. The number of Topliss-reactive ketones (excluding diaryl/α,β-unsaturated/α-hetero) is 1. The van der Waals surface area contributed by atoms with Crippen LogP contribution in [0.5, 0.6) is 0 Å². The average Bonchev–Trinajstić information content (AvgIpc) is 3.56. The molecule has 1 saturated carbocycles. The molecule has 0 bridgehead atoms. The lowest BCUT2D eigenvalue weighted by Gasteiger charge is -2.30. The molecule has 1 fully saturated rings. The van der Waals surface area contributed by atoms with E-state index in [1.165, 1.54) is 37.1 Å². The number of allylic oxidation sites excluding steroid dienone is 2. The van der Waals surface area contributed by atoms with Crippen molar-refractivity contribution in [2.24, 2.45) is 16.4 Å². The maximum Gasteiger partial charge on any atom is 0.277 e. The van der Waals surface area contributed by atoms with Gasteiger partial charge in [0.1, 0.15) is 5.76 Å². The van der Waals surface area contributed by atoms with E-state index in [0.717, 1.165) is 31.1 Å². The second kappa shape index (κ2) is 12.1. The molecule has 4 rings (SSSR count). The first-order valence-corrected chi connectivity index (χ1v) is 15.5. The molecule has 3 aliphatic rings. The van der Waals surface area contributed by atoms with Gasteiger partial charge in [0.15, 0.2) is 0 Å². The highest BCUT2D eigenvalue weighted by Gasteiger charge is 2.45. The van der Waals surface area contributed by atoms with Gasteiger partial charge in [-0.2, -0.15) is 5.10 Å². The van der Waals surface area contributed by atoms with Crippen molar-refractivity contribution >= 4 is 40.3 Å². The number of aliphatic hydroxyl groups is 1. The van der Waals surface area contributed by atoms with Crippen LogP contribution in [0.3, 0.4) is 0 Å². The molecular weight excluding hydrogens is 528 g/mol. The Morgan fingerprint density at radius 1 is 1.07 bits per heavy atom. The maximum atomic E-state index is 13.6. The van der Waals surface area contributed by atoms with Gasteiger partial charge in [0, 0.05) is 29.8 Å². The molecule has 1 heterocycles. The van der Waals surface area contributed by atoms with Gasteiger partial charge in [0.05, 0.1) is 33.7 Å². The number of carbonyl (C=O) groups is 3. The van der Waals surface area contributed by atoms with Gasteiger partial charge >= 0.3 is 0 Å². The standard InChI is InChI=1S/C34H48N4O4/c1-9-34(7,8)32(42)35-25-20-23(37(10-2)19-13-16-22-14-11-12-15-22)17-18-24(25)27-29(39)28(30(27)40)26-21(3)36-38(31(26)41)33(4,5)6/h17-18,20,22,39H,9-16,19H2,1-8H3,(H,35,42). The van der Waals surface area contributed by atoms with E-state index < -0.39 is 22.6 Å². The number of ketones is 1. The van der Waals surface area contributed by atoms with E-state index in [9.17, 15) is 19.5 Å². The van der Waals surface area contributed by atoms with E-state index in [1.807, 2.05) is 53.7 Å². The van der Waals surface area contributed by atoms with Gasteiger partial charge in [0.2, 0.25) is 11.7 Å². The number of hydrazone groups is 1. The van der Waals surface area contributed by atoms with Crippen molar-refractivity contribution in [1.82, 2.24) is 5.01 Å². The summed E-state index contributed by atoms with van der Waals surface area (Å²) in [5.41, 5.74) is 1.31. The summed E-state index contributed by atoms with van der Waals surface area (Å²) in [6.45, 7) is 16.8. The molecule has 8 heteroatoms. The van der Waals surface area contributed by atoms with Crippen molar-refractivity contribution in [3.63, 3.8) is 0 Å². The van der Waals surface area contributed by atoms with E-state index in [-0.39, 0.29) is 28.4 Å². The minimum atomic E-state index is -0.619. The van der Waals surface area contributed by atoms with E-state index in [0.29, 0.717) is 23.4 Å². The lowest BCUT2D eigenvalue weighted by molar-refractivity contribution is -0.130. The van der Waals surface area contributed by atoms with Gasteiger partial charge in [0.25, 0.3) is 5.91 Å². The summed E-state index contributed by atoms with van der Waals surface area (Å²) in [4.78, 5) is 42.4. The second-order valence-electron chi connectivity index (χ2n) is 13.6. The van der Waals surface area contributed by atoms with Gasteiger partial charge in [-0.3, -0.25) is 14.4 Å². The Morgan fingerprint density at radius 3 is 2.29 bits per heavy atom. The van der Waals surface area contributed by atoms with Crippen LogP contribution in [-0.4, -0.2) is 52.1 Å². The average molecular weight is 577 g/mol. The van der Waals surface area contributed by atoms with E-state index in [4.69, 9.17) is 0 Å². The minimum Gasteiger partial charge on any atom is -0.506 e. The fourth-order valence-corrected chi connectivity index (χ4v) is 5.97. The van der Waals surface area contributed by atoms with Gasteiger partial charge in [-0.25, -0.2) is 5.01 Å². The molecule has 2 amide bonds. The summed E-state index contributed by atoms with van der Waals surface area (Å²) in [7, 11) is 0. The molecule has 1 aromatic carbocycles. The number of hydrogen-bond acceptors (Lipinski definition) is 6. The number of nitrogens with zero attached hydrogens (tertiary/aromatic N) is 3. The lowest BCUT2D eigenvalue weighted by atomic mass is 9.79. The first-order chi connectivity index (χ1) is 19.7. The number of aliphatic hydroxyl groups excluding tert-OH is 1. The number of amides is 2. The van der Waals surface area contributed by atoms with Crippen molar-refractivity contribution in [3.8, 4) is 0 Å². The Hall–Kier alpha value is -3.42. The van der Waals surface area contributed by atoms with Crippen LogP contribution in [0.4, 0.5) is 11.4 Å². The minimum absolute atomic E-state index is 0.0136. The molecule has 0 unspecified atom stereocenters. The molecule has 42 heavy (non-hydrogen) atoms. The number of benzene rings is 1. The quantitative estimate of drug-likeness (QED) is 0.291. The van der Waals surface area contributed by atoms with Crippen LogP contribution in [0.15, 0.2) is 40.2 Å². The van der Waals surface area contributed by atoms with Gasteiger partial charge in [-0.05, 0) is 78.0 Å². The summed E-state index contributed by atoms with van der Waals surface area (Å²) in [5.74, 6) is -0.402. The molecule has 0 saturated heterocycles. The normalized spacial score (nSPS) is 19.9. The SMILES string of the molecule is CCN(CCCC1CCCC1)c1ccc(C2=C(O)C(=C3C(=O)N(C(C)(C)C)N=C3C)C2=O)c(NC(=O)C(C)(C)CC)c1. The summed E-state index contributed by atoms with van der Waals surface area (Å²) in [5, 5.41) is 20.0. The van der Waals surface area contributed by atoms with E-state index in [2.05, 4.69) is 22.2 Å². The predicted molar refractivity (Wildman–Crippen MR) is 170 cm³/mol. The summed E-state index contributed by atoms with van der Waals surface area (Å²) >= 11 is 0. The third-order valence-corrected chi connectivity index (χ3v) is 9.11. The number of anilines is 2. The van der Waals surface area contributed by atoms with Gasteiger partial charge in [-0.1, -0.05) is 46.5 Å². The molecule has 2 N–H and O–H groups in total. The van der Waals surface area contributed by atoms with Crippen LogP contribution in [0.25, 0.3) is 5.57 Å². The van der Waals surface area contributed by atoms with Gasteiger partial charge < -0.3 is 15.3 Å². The maximum absolute atomic E-state index is 13.6. The molecule has 1 aliphatic heterocycles. The van der Waals surface area contributed by atoms with Crippen LogP contribution >= 0.6 is 0 Å². The Kier molecular flexibility index (Phi) is 9.05. The molecule has 2 aliphatic carbocycles. The second-order valence-corrected chi connectivity index (χ2v) is 13.6. The summed E-state index contributed by atoms with van der Waals surface area (Å²) in [6.07, 6.45) is 8.33. The monoisotopic (exact) mass is 576 g/mol. The Labute approximate surface area is 250 Å². The molecular formula is C34H48N4O4. The van der Waals surface area contributed by atoms with Gasteiger partial charge in [-0.15, -0.1) is 0 Å². The highest BCUT2D eigenvalue weighted by Crippen LogP contribution is 2.44. The topological polar surface area (TPSA) is 102 Å². The van der Waals surface area contributed by atoms with E-state index >= 15 is 0 Å². The zero-order valence-electron chi connectivity index (χ0n) is 26.7. The van der Waals surface area contributed by atoms with Crippen molar-refractivity contribution in [1.29, 1.82) is 0 Å². The summed E-state index contributed by atoms with van der Waals surface area (Å²) < 4.78 is 0. The number of rotatable bonds is 10. The van der Waals surface area contributed by atoms with Crippen LogP contribution in [0.1, 0.15) is 106 Å². The fraction of sp³-hybridized carbons (Fsp3) is 0.588. The van der Waals surface area contributed by atoms with Crippen LogP contribution in [-0.2, 0) is 14.4 Å². The number of carbonyl (C=O) groups excluding carboxylic acids is 3. The first-order valence-electron chi connectivity index (χ1n) is 15.5. The van der Waals surface area contributed by atoms with Crippen molar-refractivity contribution in [3.05, 3.63) is 40.7 Å². The third kappa shape index (κ3) is 6.04. The first kappa shape index (κ1) is 31.5. The van der Waals surface area contributed by atoms with Crippen LogP contribution in [0.2, 0.25) is 0 Å². The fourth-order valence-electron chi connectivity index (χ4n) is 5.97. The Bertz CT molecular complexity index is 1360. The van der Waals surface area contributed by atoms with Crippen molar-refractivity contribution in [2.75, 3.05) is 23.3 Å². The number of hydrogen-bond donors (Lipinski definition) is 2. The molecule has 0 atom stereocenters. The molecule has 1 aromatic rings. The zero-order chi connectivity index (χ0) is 31.0. The third-order valence-electron chi connectivity index (χ3n) is 9.11. The summed E-state index contributed by atoms with van der Waals surface area (Å²) in [6, 6.07) is 5.65. The Balaban J connectivity index is 1.70. The van der Waals surface area contributed by atoms with E-state index in [1.54, 1.807) is 13.0 Å². The van der Waals surface area contributed by atoms with Crippen molar-refractivity contribution in [2.45, 2.75) is 106 Å². The van der Waals surface area contributed by atoms with Crippen LogP contribution in [0, 0.1) is 11.3 Å². The lowest BCUT2D eigenvalue weighted by Crippen LogP contribution is -2.40. The highest BCUT2D eigenvalue weighted by molar-refractivity contribution is 6.44. The molecule has 0 aromatic heterocycles. The largest absolute Gasteiger partial charge is 0.506 e. The molecule has 0 radical (unpaired) electrons. The van der Waals surface area contributed by atoms with Crippen molar-refractivity contribution < 1.29 is 19.5 Å². The molecule has 0 spiro atoms. The smallest absolute Gasteiger partial charge is 0.277 e. The Morgan fingerprint density at radius 2 is 1.74 bits per heavy atom. The van der Waals surface area contributed by atoms with Crippen LogP contribution < -0.4 is 10.2 Å². The molecule has 8 nitrogen and oxygen atoms in total. The number of nitrogens with one attached hydrogen (secondary N) is 1. The predicted octanol–water partition coefficient (Wildman–Crippen LogP) is 7.02.